The fourth-order valence-electron chi connectivity index (χ4n) is 1.35. The first-order valence-electron chi connectivity index (χ1n) is 4.55. The quantitative estimate of drug-likeness (QED) is 0.904. The molecule has 0 saturated carbocycles. The van der Waals surface area contributed by atoms with Gasteiger partial charge in [-0.05, 0) is 31.0 Å². The number of hydrogen-bond acceptors (Lipinski definition) is 2. The van der Waals surface area contributed by atoms with Crippen LogP contribution >= 0.6 is 15.9 Å². The van der Waals surface area contributed by atoms with Gasteiger partial charge in [0.05, 0.1) is 0 Å². The average molecular weight is 258 g/mol. The third-order valence-electron chi connectivity index (χ3n) is 2.53. The Morgan fingerprint density at radius 2 is 2.14 bits per heavy atom. The molecule has 1 rings (SSSR count). The zero-order chi connectivity index (χ0) is 10.8. The Labute approximate surface area is 93.6 Å². The normalized spacial score (nSPS) is 15.2. The van der Waals surface area contributed by atoms with Crippen molar-refractivity contribution in [3.8, 4) is 0 Å². The van der Waals surface area contributed by atoms with E-state index in [0.717, 1.165) is 10.0 Å². The summed E-state index contributed by atoms with van der Waals surface area (Å²) in [5, 5.41) is 0. The standard InChI is InChI=1S/C11H16BrNO/c1-8-4-5-9(10(12)6-8)11(2,7-13)14-3/h4-6H,7,13H2,1-3H3. The maximum atomic E-state index is 5.71. The topological polar surface area (TPSA) is 35.2 Å². The largest absolute Gasteiger partial charge is 0.372 e. The molecule has 0 aliphatic heterocycles. The van der Waals surface area contributed by atoms with E-state index in [9.17, 15) is 0 Å². The van der Waals surface area contributed by atoms with E-state index in [1.807, 2.05) is 6.92 Å². The van der Waals surface area contributed by atoms with Crippen LogP contribution in [0.2, 0.25) is 0 Å². The van der Waals surface area contributed by atoms with Crippen LogP contribution in [-0.4, -0.2) is 13.7 Å². The molecule has 2 nitrogen and oxygen atoms in total. The molecule has 0 aliphatic carbocycles. The molecule has 0 aromatic heterocycles. The van der Waals surface area contributed by atoms with Gasteiger partial charge < -0.3 is 10.5 Å². The van der Waals surface area contributed by atoms with Crippen LogP contribution in [0, 0.1) is 6.92 Å². The highest BCUT2D eigenvalue weighted by molar-refractivity contribution is 9.10. The van der Waals surface area contributed by atoms with Gasteiger partial charge in [-0.15, -0.1) is 0 Å². The maximum Gasteiger partial charge on any atom is 0.103 e. The molecule has 1 aromatic rings. The van der Waals surface area contributed by atoms with Gasteiger partial charge in [0.15, 0.2) is 0 Å². The molecule has 0 fully saturated rings. The molecule has 1 unspecified atom stereocenters. The van der Waals surface area contributed by atoms with Crippen molar-refractivity contribution in [3.05, 3.63) is 33.8 Å². The van der Waals surface area contributed by atoms with Crippen LogP contribution in [0.5, 0.6) is 0 Å². The summed E-state index contributed by atoms with van der Waals surface area (Å²) >= 11 is 3.53. The third-order valence-corrected chi connectivity index (χ3v) is 3.19. The fourth-order valence-corrected chi connectivity index (χ4v) is 2.26. The molecule has 14 heavy (non-hydrogen) atoms. The minimum atomic E-state index is -0.410. The van der Waals surface area contributed by atoms with Gasteiger partial charge in [-0.2, -0.15) is 0 Å². The maximum absolute atomic E-state index is 5.71. The highest BCUT2D eigenvalue weighted by Gasteiger charge is 2.26. The number of methoxy groups -OCH3 is 1. The lowest BCUT2D eigenvalue weighted by atomic mass is 9.95. The van der Waals surface area contributed by atoms with Gasteiger partial charge in [0.1, 0.15) is 5.60 Å². The Morgan fingerprint density at radius 3 is 2.57 bits per heavy atom. The second kappa shape index (κ2) is 4.43. The zero-order valence-corrected chi connectivity index (χ0v) is 10.4. The van der Waals surface area contributed by atoms with Gasteiger partial charge in [-0.1, -0.05) is 28.1 Å². The molecule has 0 spiro atoms. The van der Waals surface area contributed by atoms with Crippen molar-refractivity contribution < 1.29 is 4.74 Å². The summed E-state index contributed by atoms with van der Waals surface area (Å²) in [4.78, 5) is 0. The number of rotatable bonds is 3. The van der Waals surface area contributed by atoms with Crippen LogP contribution in [0.25, 0.3) is 0 Å². The first-order chi connectivity index (χ1) is 6.53. The van der Waals surface area contributed by atoms with Crippen molar-refractivity contribution in [1.29, 1.82) is 0 Å². The molecule has 1 atom stereocenters. The van der Waals surface area contributed by atoms with E-state index in [1.54, 1.807) is 7.11 Å². The molecule has 1 aromatic carbocycles. The highest BCUT2D eigenvalue weighted by Crippen LogP contribution is 2.30. The SMILES string of the molecule is COC(C)(CN)c1ccc(C)cc1Br. The van der Waals surface area contributed by atoms with E-state index in [4.69, 9.17) is 10.5 Å². The van der Waals surface area contributed by atoms with E-state index in [-0.39, 0.29) is 0 Å². The van der Waals surface area contributed by atoms with Gasteiger partial charge in [0.25, 0.3) is 0 Å². The number of halogens is 1. The third kappa shape index (κ3) is 2.16. The van der Waals surface area contributed by atoms with Gasteiger partial charge >= 0.3 is 0 Å². The lowest BCUT2D eigenvalue weighted by Gasteiger charge is -2.28. The van der Waals surface area contributed by atoms with E-state index < -0.39 is 5.60 Å². The highest BCUT2D eigenvalue weighted by atomic mass is 79.9. The monoisotopic (exact) mass is 257 g/mol. The molecule has 2 N–H and O–H groups in total. The van der Waals surface area contributed by atoms with Crippen molar-refractivity contribution in [3.63, 3.8) is 0 Å². The summed E-state index contributed by atoms with van der Waals surface area (Å²) < 4.78 is 6.49. The Bertz CT molecular complexity index is 321. The Balaban J connectivity index is 3.17. The molecule has 0 heterocycles. The smallest absolute Gasteiger partial charge is 0.103 e. The second-order valence-electron chi connectivity index (χ2n) is 3.62. The lowest BCUT2D eigenvalue weighted by molar-refractivity contribution is 0.00947. The van der Waals surface area contributed by atoms with E-state index in [1.165, 1.54) is 5.56 Å². The Hall–Kier alpha value is -0.380. The predicted octanol–water partition coefficient (Wildman–Crippen LogP) is 2.58. The molecule has 78 valence electrons. The molecule has 3 heteroatoms. The molecule has 0 radical (unpaired) electrons. The van der Waals surface area contributed by atoms with Crippen LogP contribution in [-0.2, 0) is 10.3 Å². The fraction of sp³-hybridized carbons (Fsp3) is 0.455. The molecule has 0 saturated heterocycles. The molecule has 0 bridgehead atoms. The molecular weight excluding hydrogens is 242 g/mol. The molecular formula is C11H16BrNO. The van der Waals surface area contributed by atoms with Crippen molar-refractivity contribution >= 4 is 15.9 Å². The second-order valence-corrected chi connectivity index (χ2v) is 4.48. The van der Waals surface area contributed by atoms with Crippen LogP contribution < -0.4 is 5.73 Å². The minimum Gasteiger partial charge on any atom is -0.372 e. The van der Waals surface area contributed by atoms with Crippen molar-refractivity contribution in [2.45, 2.75) is 19.4 Å². The van der Waals surface area contributed by atoms with E-state index >= 15 is 0 Å². The van der Waals surface area contributed by atoms with Crippen molar-refractivity contribution in [1.82, 2.24) is 0 Å². The summed E-state index contributed by atoms with van der Waals surface area (Å²) in [5.41, 5.74) is 7.61. The number of hydrogen-bond donors (Lipinski definition) is 1. The Morgan fingerprint density at radius 1 is 1.50 bits per heavy atom. The van der Waals surface area contributed by atoms with Crippen molar-refractivity contribution in [2.24, 2.45) is 5.73 Å². The van der Waals surface area contributed by atoms with Gasteiger partial charge in [-0.25, -0.2) is 0 Å². The first-order valence-corrected chi connectivity index (χ1v) is 5.34. The van der Waals surface area contributed by atoms with Gasteiger partial charge in [0, 0.05) is 18.1 Å². The summed E-state index contributed by atoms with van der Waals surface area (Å²) in [7, 11) is 1.68. The van der Waals surface area contributed by atoms with Crippen LogP contribution in [0.1, 0.15) is 18.1 Å². The minimum absolute atomic E-state index is 0.410. The average Bonchev–Trinajstić information content (AvgIpc) is 2.17. The number of aryl methyl sites for hydroxylation is 1. The van der Waals surface area contributed by atoms with Gasteiger partial charge in [0.2, 0.25) is 0 Å². The van der Waals surface area contributed by atoms with Crippen LogP contribution in [0.3, 0.4) is 0 Å². The van der Waals surface area contributed by atoms with Crippen LogP contribution in [0.15, 0.2) is 22.7 Å². The van der Waals surface area contributed by atoms with Crippen LogP contribution in [0.4, 0.5) is 0 Å². The number of benzene rings is 1. The van der Waals surface area contributed by atoms with Crippen molar-refractivity contribution in [2.75, 3.05) is 13.7 Å². The first kappa shape index (κ1) is 11.7. The predicted molar refractivity (Wildman–Crippen MR) is 62.3 cm³/mol. The summed E-state index contributed by atoms with van der Waals surface area (Å²) in [6, 6.07) is 6.19. The number of nitrogens with two attached hydrogens (primary N) is 1. The summed E-state index contributed by atoms with van der Waals surface area (Å²) in [6.07, 6.45) is 0. The zero-order valence-electron chi connectivity index (χ0n) is 8.80. The van der Waals surface area contributed by atoms with Gasteiger partial charge in [-0.3, -0.25) is 0 Å². The summed E-state index contributed by atoms with van der Waals surface area (Å²) in [5.74, 6) is 0. The lowest BCUT2D eigenvalue weighted by Crippen LogP contribution is -2.34. The van der Waals surface area contributed by atoms with E-state index in [0.29, 0.717) is 6.54 Å². The Kier molecular flexibility index (Phi) is 3.70. The summed E-state index contributed by atoms with van der Waals surface area (Å²) in [6.45, 7) is 4.51. The molecule has 0 aliphatic rings. The number of ether oxygens (including phenoxy) is 1. The van der Waals surface area contributed by atoms with E-state index in [2.05, 4.69) is 41.1 Å². The molecule has 0 amide bonds.